The van der Waals surface area contributed by atoms with Crippen molar-refractivity contribution in [1.82, 2.24) is 10.3 Å². The van der Waals surface area contributed by atoms with Crippen molar-refractivity contribution >= 4 is 27.3 Å². The first-order valence-corrected chi connectivity index (χ1v) is 6.86. The Kier molecular flexibility index (Phi) is 4.09. The molecule has 0 aliphatic heterocycles. The Bertz CT molecular complexity index is 442. The summed E-state index contributed by atoms with van der Waals surface area (Å²) >= 11 is 5.10. The molecule has 2 rings (SSSR count). The zero-order valence-electron chi connectivity index (χ0n) is 8.98. The fraction of sp³-hybridized carbons (Fsp3) is 0.250. The molecule has 0 spiro atoms. The number of nitrogens with one attached hydrogen (secondary N) is 1. The Hall–Kier alpha value is -0.710. The molecule has 2 nitrogen and oxygen atoms in total. The molecule has 0 aliphatic rings. The van der Waals surface area contributed by atoms with Gasteiger partial charge in [0.15, 0.2) is 0 Å². The van der Waals surface area contributed by atoms with Gasteiger partial charge in [-0.25, -0.2) is 4.98 Å². The van der Waals surface area contributed by atoms with Crippen LogP contribution >= 0.6 is 27.3 Å². The van der Waals surface area contributed by atoms with Crippen LogP contribution in [0.2, 0.25) is 0 Å². The van der Waals surface area contributed by atoms with E-state index < -0.39 is 0 Å². The lowest BCUT2D eigenvalue weighted by Crippen LogP contribution is -2.18. The van der Waals surface area contributed by atoms with E-state index in [1.807, 2.05) is 18.2 Å². The molecule has 1 atom stereocenters. The van der Waals surface area contributed by atoms with Gasteiger partial charge in [0, 0.05) is 12.6 Å². The maximum atomic E-state index is 4.38. The molecule has 0 aromatic carbocycles. The van der Waals surface area contributed by atoms with E-state index in [0.29, 0.717) is 6.04 Å². The zero-order valence-corrected chi connectivity index (χ0v) is 11.4. The maximum Gasteiger partial charge on any atom is 0.106 e. The molecule has 1 unspecified atom stereocenters. The van der Waals surface area contributed by atoms with Gasteiger partial charge in [0.25, 0.3) is 0 Å². The summed E-state index contributed by atoms with van der Waals surface area (Å²) in [5, 5.41) is 7.73. The largest absolute Gasteiger partial charge is 0.305 e. The molecule has 0 fully saturated rings. The molecule has 0 radical (unpaired) electrons. The molecular formula is C12H13BrN2S. The van der Waals surface area contributed by atoms with Gasteiger partial charge < -0.3 is 5.32 Å². The molecule has 84 valence electrons. The molecular weight excluding hydrogens is 284 g/mol. The monoisotopic (exact) mass is 296 g/mol. The van der Waals surface area contributed by atoms with Crippen LogP contribution in [0.1, 0.15) is 24.2 Å². The fourth-order valence-electron chi connectivity index (χ4n) is 1.45. The Morgan fingerprint density at radius 1 is 1.44 bits per heavy atom. The Balaban J connectivity index is 1.92. The maximum absolute atomic E-state index is 4.38. The summed E-state index contributed by atoms with van der Waals surface area (Å²) in [6.45, 7) is 2.95. The number of pyridine rings is 1. The number of hydrogen-bond acceptors (Lipinski definition) is 3. The van der Waals surface area contributed by atoms with E-state index in [4.69, 9.17) is 0 Å². The van der Waals surface area contributed by atoms with E-state index in [2.05, 4.69) is 50.0 Å². The number of rotatable bonds is 4. The van der Waals surface area contributed by atoms with E-state index in [-0.39, 0.29) is 0 Å². The zero-order chi connectivity index (χ0) is 11.4. The van der Waals surface area contributed by atoms with Crippen molar-refractivity contribution in [1.29, 1.82) is 0 Å². The van der Waals surface area contributed by atoms with Crippen molar-refractivity contribution in [3.8, 4) is 0 Å². The summed E-state index contributed by atoms with van der Waals surface area (Å²) in [4.78, 5) is 4.38. The van der Waals surface area contributed by atoms with Crippen molar-refractivity contribution in [3.63, 3.8) is 0 Å². The molecule has 0 saturated carbocycles. The number of thiophene rings is 1. The Morgan fingerprint density at radius 2 is 2.31 bits per heavy atom. The minimum Gasteiger partial charge on any atom is -0.305 e. The Morgan fingerprint density at radius 3 is 3.00 bits per heavy atom. The third-order valence-corrected chi connectivity index (χ3v) is 3.55. The smallest absolute Gasteiger partial charge is 0.106 e. The van der Waals surface area contributed by atoms with Crippen LogP contribution in [-0.4, -0.2) is 4.98 Å². The summed E-state index contributed by atoms with van der Waals surface area (Å²) in [6, 6.07) is 8.48. The number of halogens is 1. The van der Waals surface area contributed by atoms with Gasteiger partial charge in [-0.3, -0.25) is 0 Å². The lowest BCUT2D eigenvalue weighted by molar-refractivity contribution is 0.569. The van der Waals surface area contributed by atoms with E-state index >= 15 is 0 Å². The predicted molar refractivity (Wildman–Crippen MR) is 71.5 cm³/mol. The number of hydrogen-bond donors (Lipinski definition) is 1. The summed E-state index contributed by atoms with van der Waals surface area (Å²) < 4.78 is 0.884. The highest BCUT2D eigenvalue weighted by Gasteiger charge is 2.05. The average Bonchev–Trinajstić information content (AvgIpc) is 2.79. The summed E-state index contributed by atoms with van der Waals surface area (Å²) in [6.07, 6.45) is 0. The van der Waals surface area contributed by atoms with Gasteiger partial charge in [0.05, 0.1) is 5.69 Å². The van der Waals surface area contributed by atoms with Crippen LogP contribution in [0.3, 0.4) is 0 Å². The molecule has 0 aliphatic carbocycles. The van der Waals surface area contributed by atoms with Crippen LogP contribution in [0.5, 0.6) is 0 Å². The second-order valence-electron chi connectivity index (χ2n) is 3.61. The van der Waals surface area contributed by atoms with Crippen molar-refractivity contribution in [2.75, 3.05) is 0 Å². The van der Waals surface area contributed by atoms with Gasteiger partial charge in [-0.2, -0.15) is 11.3 Å². The van der Waals surface area contributed by atoms with Crippen LogP contribution in [-0.2, 0) is 6.54 Å². The van der Waals surface area contributed by atoms with Gasteiger partial charge in [0.1, 0.15) is 4.60 Å². The molecule has 2 aromatic heterocycles. The highest BCUT2D eigenvalue weighted by atomic mass is 79.9. The van der Waals surface area contributed by atoms with Crippen LogP contribution in [0.4, 0.5) is 0 Å². The molecule has 1 N–H and O–H groups in total. The highest BCUT2D eigenvalue weighted by molar-refractivity contribution is 9.10. The first-order chi connectivity index (χ1) is 7.75. The first kappa shape index (κ1) is 11.8. The average molecular weight is 297 g/mol. The molecule has 2 heterocycles. The first-order valence-electron chi connectivity index (χ1n) is 5.12. The van der Waals surface area contributed by atoms with E-state index in [1.165, 1.54) is 5.56 Å². The van der Waals surface area contributed by atoms with E-state index in [9.17, 15) is 0 Å². The van der Waals surface area contributed by atoms with Crippen LogP contribution in [0, 0.1) is 0 Å². The minimum absolute atomic E-state index is 0.368. The number of aromatic nitrogens is 1. The molecule has 16 heavy (non-hydrogen) atoms. The van der Waals surface area contributed by atoms with Crippen molar-refractivity contribution in [3.05, 3.63) is 50.9 Å². The quantitative estimate of drug-likeness (QED) is 0.869. The second kappa shape index (κ2) is 5.57. The van der Waals surface area contributed by atoms with E-state index in [0.717, 1.165) is 16.8 Å². The summed E-state index contributed by atoms with van der Waals surface area (Å²) in [7, 11) is 0. The highest BCUT2D eigenvalue weighted by Crippen LogP contribution is 2.16. The Labute approximate surface area is 108 Å². The molecule has 4 heteroatoms. The van der Waals surface area contributed by atoms with E-state index in [1.54, 1.807) is 11.3 Å². The molecule has 0 saturated heterocycles. The number of nitrogens with zero attached hydrogens (tertiary/aromatic N) is 1. The predicted octanol–water partition coefficient (Wildman–Crippen LogP) is 3.76. The summed E-state index contributed by atoms with van der Waals surface area (Å²) in [5.41, 5.74) is 2.39. The minimum atomic E-state index is 0.368. The topological polar surface area (TPSA) is 24.9 Å². The summed E-state index contributed by atoms with van der Waals surface area (Å²) in [5.74, 6) is 0. The van der Waals surface area contributed by atoms with Crippen molar-refractivity contribution < 1.29 is 0 Å². The van der Waals surface area contributed by atoms with Crippen molar-refractivity contribution in [2.45, 2.75) is 19.5 Å². The third-order valence-electron chi connectivity index (χ3n) is 2.41. The molecule has 2 aromatic rings. The van der Waals surface area contributed by atoms with Gasteiger partial charge in [-0.05, 0) is 57.4 Å². The van der Waals surface area contributed by atoms with Gasteiger partial charge in [0.2, 0.25) is 0 Å². The lowest BCUT2D eigenvalue weighted by Gasteiger charge is -2.11. The van der Waals surface area contributed by atoms with Gasteiger partial charge in [-0.15, -0.1) is 0 Å². The lowest BCUT2D eigenvalue weighted by atomic mass is 10.2. The SMILES string of the molecule is CC(NCc1cccc(Br)n1)c1ccsc1. The van der Waals surface area contributed by atoms with Crippen LogP contribution in [0.25, 0.3) is 0 Å². The van der Waals surface area contributed by atoms with Crippen molar-refractivity contribution in [2.24, 2.45) is 0 Å². The van der Waals surface area contributed by atoms with Crippen LogP contribution in [0.15, 0.2) is 39.6 Å². The van der Waals surface area contributed by atoms with Gasteiger partial charge >= 0.3 is 0 Å². The third kappa shape index (κ3) is 3.14. The van der Waals surface area contributed by atoms with Gasteiger partial charge in [-0.1, -0.05) is 6.07 Å². The second-order valence-corrected chi connectivity index (χ2v) is 5.20. The van der Waals surface area contributed by atoms with Crippen LogP contribution < -0.4 is 5.32 Å². The standard InChI is InChI=1S/C12H13BrN2S/c1-9(10-5-6-16-8-10)14-7-11-3-2-4-12(13)15-11/h2-6,8-9,14H,7H2,1H3. The molecule has 0 amide bonds. The molecule has 0 bridgehead atoms. The normalized spacial score (nSPS) is 12.6. The fourth-order valence-corrected chi connectivity index (χ4v) is 2.58.